The Morgan fingerprint density at radius 1 is 1.50 bits per heavy atom. The molecule has 0 aliphatic heterocycles. The summed E-state index contributed by atoms with van der Waals surface area (Å²) in [6, 6.07) is 4.35. The van der Waals surface area contributed by atoms with E-state index in [0.717, 1.165) is 18.4 Å². The standard InChI is InChI=1S/C9H12N2O3/c10-5-1-2-7-3-4-8(11(13)14)9(12)6-7/h3-4,6,12H,1-2,5,10H2. The minimum Gasteiger partial charge on any atom is -0.502 e. The van der Waals surface area contributed by atoms with Gasteiger partial charge in [-0.3, -0.25) is 10.1 Å². The second-order valence-electron chi connectivity index (χ2n) is 2.97. The second-order valence-corrected chi connectivity index (χ2v) is 2.97. The Morgan fingerprint density at radius 3 is 2.71 bits per heavy atom. The van der Waals surface area contributed by atoms with Crippen LogP contribution in [-0.2, 0) is 6.42 Å². The van der Waals surface area contributed by atoms with Crippen molar-refractivity contribution in [1.82, 2.24) is 0 Å². The van der Waals surface area contributed by atoms with E-state index in [0.29, 0.717) is 6.54 Å². The van der Waals surface area contributed by atoms with E-state index in [1.54, 1.807) is 6.07 Å². The highest BCUT2D eigenvalue weighted by Gasteiger charge is 2.12. The minimum atomic E-state index is -0.609. The number of nitro benzene ring substituents is 1. The zero-order chi connectivity index (χ0) is 10.6. The van der Waals surface area contributed by atoms with Gasteiger partial charge < -0.3 is 10.8 Å². The van der Waals surface area contributed by atoms with Crippen LogP contribution in [0.3, 0.4) is 0 Å². The van der Waals surface area contributed by atoms with Gasteiger partial charge in [-0.15, -0.1) is 0 Å². The number of phenols is 1. The monoisotopic (exact) mass is 196 g/mol. The van der Waals surface area contributed by atoms with Crippen LogP contribution in [0.2, 0.25) is 0 Å². The number of benzene rings is 1. The minimum absolute atomic E-state index is 0.263. The summed E-state index contributed by atoms with van der Waals surface area (Å²) in [7, 11) is 0. The lowest BCUT2D eigenvalue weighted by molar-refractivity contribution is -0.385. The first-order chi connectivity index (χ1) is 6.65. The van der Waals surface area contributed by atoms with E-state index in [9.17, 15) is 15.2 Å². The predicted octanol–water partition coefficient (Wildman–Crippen LogP) is 1.19. The molecule has 0 spiro atoms. The lowest BCUT2D eigenvalue weighted by atomic mass is 10.1. The molecule has 0 amide bonds. The fraction of sp³-hybridized carbons (Fsp3) is 0.333. The van der Waals surface area contributed by atoms with Gasteiger partial charge in [0, 0.05) is 6.07 Å². The van der Waals surface area contributed by atoms with Crippen molar-refractivity contribution in [2.24, 2.45) is 5.73 Å². The number of nitrogens with zero attached hydrogens (tertiary/aromatic N) is 1. The van der Waals surface area contributed by atoms with Gasteiger partial charge in [0.15, 0.2) is 5.75 Å². The Bertz CT molecular complexity index is 339. The molecule has 0 bridgehead atoms. The maximum absolute atomic E-state index is 10.4. The third kappa shape index (κ3) is 2.43. The summed E-state index contributed by atoms with van der Waals surface area (Å²) in [4.78, 5) is 9.76. The van der Waals surface area contributed by atoms with Crippen LogP contribution in [0.25, 0.3) is 0 Å². The first kappa shape index (κ1) is 10.5. The van der Waals surface area contributed by atoms with Gasteiger partial charge in [0.2, 0.25) is 0 Å². The molecule has 0 aromatic heterocycles. The zero-order valence-corrected chi connectivity index (χ0v) is 7.64. The van der Waals surface area contributed by atoms with Crippen LogP contribution in [0, 0.1) is 10.1 Å². The number of hydrogen-bond acceptors (Lipinski definition) is 4. The Labute approximate surface area is 81.3 Å². The van der Waals surface area contributed by atoms with Crippen molar-refractivity contribution in [1.29, 1.82) is 0 Å². The van der Waals surface area contributed by atoms with Gasteiger partial charge in [-0.2, -0.15) is 0 Å². The molecular weight excluding hydrogens is 184 g/mol. The lowest BCUT2D eigenvalue weighted by Crippen LogP contribution is -2.00. The topological polar surface area (TPSA) is 89.4 Å². The number of phenolic OH excluding ortho intramolecular Hbond substituents is 1. The van der Waals surface area contributed by atoms with Crippen molar-refractivity contribution in [2.75, 3.05) is 6.54 Å². The van der Waals surface area contributed by atoms with Crippen molar-refractivity contribution in [3.8, 4) is 5.75 Å². The molecule has 1 rings (SSSR count). The Hall–Kier alpha value is -1.62. The highest BCUT2D eigenvalue weighted by molar-refractivity contribution is 5.47. The van der Waals surface area contributed by atoms with Gasteiger partial charge in [0.1, 0.15) is 0 Å². The fourth-order valence-corrected chi connectivity index (χ4v) is 1.19. The molecule has 0 aliphatic carbocycles. The molecule has 14 heavy (non-hydrogen) atoms. The van der Waals surface area contributed by atoms with Gasteiger partial charge in [-0.05, 0) is 31.0 Å². The predicted molar refractivity (Wildman–Crippen MR) is 52.1 cm³/mol. The van der Waals surface area contributed by atoms with Gasteiger partial charge >= 0.3 is 5.69 Å². The first-order valence-corrected chi connectivity index (χ1v) is 4.31. The summed E-state index contributed by atoms with van der Waals surface area (Å²) < 4.78 is 0. The summed E-state index contributed by atoms with van der Waals surface area (Å²) in [5.74, 6) is -0.287. The molecule has 0 fully saturated rings. The number of aryl methyl sites for hydroxylation is 1. The highest BCUT2D eigenvalue weighted by atomic mass is 16.6. The Balaban J connectivity index is 2.83. The SMILES string of the molecule is NCCCc1ccc([N+](=O)[O-])c(O)c1. The number of rotatable bonds is 4. The Morgan fingerprint density at radius 2 is 2.21 bits per heavy atom. The van der Waals surface area contributed by atoms with Gasteiger partial charge in [0.05, 0.1) is 4.92 Å². The van der Waals surface area contributed by atoms with Crippen LogP contribution < -0.4 is 5.73 Å². The van der Waals surface area contributed by atoms with Gasteiger partial charge in [-0.25, -0.2) is 0 Å². The molecule has 1 aromatic rings. The molecule has 0 heterocycles. The quantitative estimate of drug-likeness (QED) is 0.559. The fourth-order valence-electron chi connectivity index (χ4n) is 1.19. The zero-order valence-electron chi connectivity index (χ0n) is 7.64. The molecule has 5 heteroatoms. The van der Waals surface area contributed by atoms with Crippen LogP contribution in [0.5, 0.6) is 5.75 Å². The molecule has 5 nitrogen and oxygen atoms in total. The normalized spacial score (nSPS) is 10.1. The van der Waals surface area contributed by atoms with E-state index in [2.05, 4.69) is 0 Å². The molecule has 3 N–H and O–H groups in total. The van der Waals surface area contributed by atoms with Gasteiger partial charge in [0.25, 0.3) is 0 Å². The van der Waals surface area contributed by atoms with Crippen molar-refractivity contribution in [3.63, 3.8) is 0 Å². The van der Waals surface area contributed by atoms with E-state index in [1.165, 1.54) is 12.1 Å². The molecular formula is C9H12N2O3. The lowest BCUT2D eigenvalue weighted by Gasteiger charge is -2.01. The van der Waals surface area contributed by atoms with Crippen molar-refractivity contribution >= 4 is 5.69 Å². The summed E-state index contributed by atoms with van der Waals surface area (Å²) in [6.07, 6.45) is 1.53. The second kappa shape index (κ2) is 4.57. The van der Waals surface area contributed by atoms with E-state index in [-0.39, 0.29) is 11.4 Å². The molecule has 0 saturated heterocycles. The average Bonchev–Trinajstić information content (AvgIpc) is 2.14. The maximum atomic E-state index is 10.4. The third-order valence-electron chi connectivity index (χ3n) is 1.91. The molecule has 0 saturated carbocycles. The molecule has 76 valence electrons. The average molecular weight is 196 g/mol. The van der Waals surface area contributed by atoms with Gasteiger partial charge in [-0.1, -0.05) is 6.07 Å². The number of nitrogens with two attached hydrogens (primary N) is 1. The van der Waals surface area contributed by atoms with E-state index < -0.39 is 4.92 Å². The number of hydrogen-bond donors (Lipinski definition) is 2. The van der Waals surface area contributed by atoms with Crippen LogP contribution in [0.1, 0.15) is 12.0 Å². The van der Waals surface area contributed by atoms with Crippen LogP contribution in [0.4, 0.5) is 5.69 Å². The molecule has 0 aliphatic rings. The van der Waals surface area contributed by atoms with Crippen molar-refractivity contribution in [2.45, 2.75) is 12.8 Å². The van der Waals surface area contributed by atoms with E-state index in [1.807, 2.05) is 0 Å². The van der Waals surface area contributed by atoms with Crippen molar-refractivity contribution < 1.29 is 10.0 Å². The summed E-state index contributed by atoms with van der Waals surface area (Å²) >= 11 is 0. The highest BCUT2D eigenvalue weighted by Crippen LogP contribution is 2.26. The van der Waals surface area contributed by atoms with Crippen LogP contribution in [-0.4, -0.2) is 16.6 Å². The van der Waals surface area contributed by atoms with Crippen LogP contribution >= 0.6 is 0 Å². The summed E-state index contributed by atoms with van der Waals surface area (Å²) in [5.41, 5.74) is 5.92. The van der Waals surface area contributed by atoms with Crippen molar-refractivity contribution in [3.05, 3.63) is 33.9 Å². The van der Waals surface area contributed by atoms with E-state index in [4.69, 9.17) is 5.73 Å². The largest absolute Gasteiger partial charge is 0.502 e. The number of aromatic hydroxyl groups is 1. The number of nitro groups is 1. The van der Waals surface area contributed by atoms with Crippen LogP contribution in [0.15, 0.2) is 18.2 Å². The Kier molecular flexibility index (Phi) is 3.41. The molecule has 0 atom stereocenters. The first-order valence-electron chi connectivity index (χ1n) is 4.31. The molecule has 0 unspecified atom stereocenters. The smallest absolute Gasteiger partial charge is 0.310 e. The summed E-state index contributed by atoms with van der Waals surface area (Å²) in [5, 5.41) is 19.7. The maximum Gasteiger partial charge on any atom is 0.310 e. The molecule has 0 radical (unpaired) electrons. The molecule has 1 aromatic carbocycles. The third-order valence-corrected chi connectivity index (χ3v) is 1.91. The van der Waals surface area contributed by atoms with E-state index >= 15 is 0 Å². The summed E-state index contributed by atoms with van der Waals surface area (Å²) in [6.45, 7) is 0.567.